The van der Waals surface area contributed by atoms with E-state index in [2.05, 4.69) is 0 Å². The number of para-hydroxylation sites is 1. The van der Waals surface area contributed by atoms with E-state index >= 15 is 0 Å². The molecule has 0 atom stereocenters. The molecule has 108 valence electrons. The van der Waals surface area contributed by atoms with Gasteiger partial charge in [0.25, 0.3) is 5.75 Å². The first kappa shape index (κ1) is 14.3. The Morgan fingerprint density at radius 1 is 0.952 bits per heavy atom. The van der Waals surface area contributed by atoms with Crippen LogP contribution in [-0.4, -0.2) is 9.85 Å². The molecule has 0 aromatic heterocycles. The van der Waals surface area contributed by atoms with Gasteiger partial charge in [-0.15, -0.1) is 0 Å². The van der Waals surface area contributed by atoms with Crippen molar-refractivity contribution in [1.29, 1.82) is 0 Å². The monoisotopic (exact) mass is 296 g/mol. The van der Waals surface area contributed by atoms with Gasteiger partial charge in [0.15, 0.2) is 11.6 Å². The molecule has 0 bridgehead atoms. The summed E-state index contributed by atoms with van der Waals surface area (Å²) in [5.74, 6) is -3.30. The van der Waals surface area contributed by atoms with E-state index in [0.717, 1.165) is 30.3 Å². The Balaban J connectivity index is 2.56. The van der Waals surface area contributed by atoms with Gasteiger partial charge >= 0.3 is 11.4 Å². The number of nitro benzene ring substituents is 2. The fraction of sp³-hybridized carbons (Fsp3) is 0. The average Bonchev–Trinajstić information content (AvgIpc) is 2.41. The highest BCUT2D eigenvalue weighted by Crippen LogP contribution is 2.40. The van der Waals surface area contributed by atoms with E-state index in [1.807, 2.05) is 0 Å². The minimum Gasteiger partial charge on any atom is -0.441 e. The van der Waals surface area contributed by atoms with Crippen LogP contribution in [0.2, 0.25) is 0 Å². The predicted molar refractivity (Wildman–Crippen MR) is 66.2 cm³/mol. The summed E-state index contributed by atoms with van der Waals surface area (Å²) in [5.41, 5.74) is -1.40. The zero-order valence-electron chi connectivity index (χ0n) is 10.2. The molecule has 0 aliphatic carbocycles. The van der Waals surface area contributed by atoms with Gasteiger partial charge < -0.3 is 4.74 Å². The first-order valence-corrected chi connectivity index (χ1v) is 5.45. The number of hydrogen-bond acceptors (Lipinski definition) is 5. The molecular formula is C12H6F2N2O5. The third kappa shape index (κ3) is 2.91. The third-order valence-corrected chi connectivity index (χ3v) is 2.47. The van der Waals surface area contributed by atoms with Crippen molar-refractivity contribution < 1.29 is 23.4 Å². The van der Waals surface area contributed by atoms with Crippen LogP contribution in [0.15, 0.2) is 36.4 Å². The molecule has 21 heavy (non-hydrogen) atoms. The smallest absolute Gasteiger partial charge is 0.318 e. The maximum atomic E-state index is 13.5. The molecule has 0 spiro atoms. The lowest BCUT2D eigenvalue weighted by Gasteiger charge is -2.07. The maximum Gasteiger partial charge on any atom is 0.318 e. The normalized spacial score (nSPS) is 10.2. The largest absolute Gasteiger partial charge is 0.441 e. The Bertz CT molecular complexity index is 703. The molecule has 0 saturated carbocycles. The summed E-state index contributed by atoms with van der Waals surface area (Å²) in [7, 11) is 0. The summed E-state index contributed by atoms with van der Waals surface area (Å²) in [4.78, 5) is 20.0. The van der Waals surface area contributed by atoms with Crippen LogP contribution in [0.25, 0.3) is 0 Å². The van der Waals surface area contributed by atoms with Gasteiger partial charge in [-0.3, -0.25) is 20.2 Å². The van der Waals surface area contributed by atoms with Crippen LogP contribution in [0, 0.1) is 31.9 Å². The Kier molecular flexibility index (Phi) is 3.74. The predicted octanol–water partition coefficient (Wildman–Crippen LogP) is 3.57. The molecule has 0 amide bonds. The van der Waals surface area contributed by atoms with Crippen molar-refractivity contribution in [3.8, 4) is 11.5 Å². The number of ether oxygens (including phenoxy) is 1. The van der Waals surface area contributed by atoms with Crippen LogP contribution >= 0.6 is 0 Å². The first-order valence-electron chi connectivity index (χ1n) is 5.45. The highest BCUT2D eigenvalue weighted by atomic mass is 19.1. The average molecular weight is 296 g/mol. The minimum atomic E-state index is -1.14. The van der Waals surface area contributed by atoms with Crippen LogP contribution in [-0.2, 0) is 0 Å². The van der Waals surface area contributed by atoms with Gasteiger partial charge in [-0.1, -0.05) is 0 Å². The van der Waals surface area contributed by atoms with E-state index < -0.39 is 44.4 Å². The zero-order chi connectivity index (χ0) is 15.6. The highest BCUT2D eigenvalue weighted by molar-refractivity contribution is 5.61. The summed E-state index contributed by atoms with van der Waals surface area (Å²) < 4.78 is 31.2. The van der Waals surface area contributed by atoms with Crippen molar-refractivity contribution in [2.45, 2.75) is 0 Å². The molecule has 0 aliphatic heterocycles. The minimum absolute atomic E-state index is 0.496. The Morgan fingerprint density at radius 2 is 1.52 bits per heavy atom. The SMILES string of the molecule is O=[N+]([O-])c1cccc([N+](=O)[O-])c1Oc1ccc(F)cc1F. The molecule has 0 N–H and O–H groups in total. The van der Waals surface area contributed by atoms with Crippen molar-refractivity contribution in [2.24, 2.45) is 0 Å². The van der Waals surface area contributed by atoms with Crippen molar-refractivity contribution >= 4 is 11.4 Å². The summed E-state index contributed by atoms with van der Waals surface area (Å²) in [6, 6.07) is 5.29. The molecule has 0 heterocycles. The molecule has 0 saturated heterocycles. The second-order valence-corrected chi connectivity index (χ2v) is 3.82. The summed E-state index contributed by atoms with van der Waals surface area (Å²) >= 11 is 0. The van der Waals surface area contributed by atoms with Gasteiger partial charge in [-0.2, -0.15) is 0 Å². The molecule has 2 rings (SSSR count). The fourth-order valence-electron chi connectivity index (χ4n) is 1.57. The first-order chi connectivity index (χ1) is 9.90. The van der Waals surface area contributed by atoms with Gasteiger partial charge in [-0.25, -0.2) is 8.78 Å². The molecule has 0 radical (unpaired) electrons. The van der Waals surface area contributed by atoms with Crippen LogP contribution < -0.4 is 4.74 Å². The number of nitrogens with zero attached hydrogens (tertiary/aromatic N) is 2. The lowest BCUT2D eigenvalue weighted by atomic mass is 10.2. The highest BCUT2D eigenvalue weighted by Gasteiger charge is 2.27. The molecule has 9 heteroatoms. The molecule has 0 fully saturated rings. The van der Waals surface area contributed by atoms with Crippen LogP contribution in [0.1, 0.15) is 0 Å². The summed E-state index contributed by atoms with van der Waals surface area (Å²) in [6.45, 7) is 0. The molecule has 0 unspecified atom stereocenters. The van der Waals surface area contributed by atoms with Crippen LogP contribution in [0.3, 0.4) is 0 Å². The van der Waals surface area contributed by atoms with Gasteiger partial charge in [0.1, 0.15) is 5.82 Å². The zero-order valence-corrected chi connectivity index (χ0v) is 10.2. The number of hydrogen-bond donors (Lipinski definition) is 0. The number of halogens is 2. The second kappa shape index (κ2) is 5.49. The van der Waals surface area contributed by atoms with Crippen LogP contribution in [0.4, 0.5) is 20.2 Å². The summed E-state index contributed by atoms with van der Waals surface area (Å²) in [5, 5.41) is 21.8. The quantitative estimate of drug-likeness (QED) is 0.634. The van der Waals surface area contributed by atoms with Gasteiger partial charge in [-0.05, 0) is 18.2 Å². The third-order valence-electron chi connectivity index (χ3n) is 2.47. The maximum absolute atomic E-state index is 13.5. The van der Waals surface area contributed by atoms with Crippen molar-refractivity contribution in [1.82, 2.24) is 0 Å². The molecule has 7 nitrogen and oxygen atoms in total. The fourth-order valence-corrected chi connectivity index (χ4v) is 1.57. The van der Waals surface area contributed by atoms with Crippen molar-refractivity contribution in [3.05, 3.63) is 68.3 Å². The van der Waals surface area contributed by atoms with E-state index in [-0.39, 0.29) is 0 Å². The van der Waals surface area contributed by atoms with E-state index in [4.69, 9.17) is 4.74 Å². The number of nitro groups is 2. The topological polar surface area (TPSA) is 95.5 Å². The van der Waals surface area contributed by atoms with Crippen LogP contribution in [0.5, 0.6) is 11.5 Å². The van der Waals surface area contributed by atoms with Crippen molar-refractivity contribution in [2.75, 3.05) is 0 Å². The van der Waals surface area contributed by atoms with Crippen molar-refractivity contribution in [3.63, 3.8) is 0 Å². The lowest BCUT2D eigenvalue weighted by Crippen LogP contribution is -1.99. The Morgan fingerprint density at radius 3 is 2.00 bits per heavy atom. The Labute approximate surface area is 115 Å². The molecule has 2 aromatic rings. The number of rotatable bonds is 4. The standard InChI is InChI=1S/C12H6F2N2O5/c13-7-4-5-11(8(14)6-7)21-12-9(15(17)18)2-1-3-10(12)16(19)20/h1-6H. The molecular weight excluding hydrogens is 290 g/mol. The molecule has 0 aliphatic rings. The number of benzene rings is 2. The van der Waals surface area contributed by atoms with E-state index in [0.29, 0.717) is 6.07 Å². The van der Waals surface area contributed by atoms with E-state index in [9.17, 15) is 29.0 Å². The van der Waals surface area contributed by atoms with E-state index in [1.54, 1.807) is 0 Å². The van der Waals surface area contributed by atoms with Gasteiger partial charge in [0, 0.05) is 18.2 Å². The lowest BCUT2D eigenvalue weighted by molar-refractivity contribution is -0.395. The van der Waals surface area contributed by atoms with Gasteiger partial charge in [0.2, 0.25) is 0 Å². The van der Waals surface area contributed by atoms with Gasteiger partial charge in [0.05, 0.1) is 9.85 Å². The Hall–Kier alpha value is -3.10. The molecule has 2 aromatic carbocycles. The van der Waals surface area contributed by atoms with E-state index in [1.165, 1.54) is 0 Å². The summed E-state index contributed by atoms with van der Waals surface area (Å²) in [6.07, 6.45) is 0. The second-order valence-electron chi connectivity index (χ2n) is 3.82.